The molecule has 3 unspecified atom stereocenters. The summed E-state index contributed by atoms with van der Waals surface area (Å²) in [5.74, 6) is 1.89. The minimum Gasteiger partial charge on any atom is -0.380 e. The Balaban J connectivity index is 1.12. The van der Waals surface area contributed by atoms with Gasteiger partial charge < -0.3 is 14.9 Å². The maximum absolute atomic E-state index is 13.4. The second kappa shape index (κ2) is 8.55. The molecule has 32 heavy (non-hydrogen) atoms. The Kier molecular flexibility index (Phi) is 6.04. The van der Waals surface area contributed by atoms with Crippen LogP contribution in [0.25, 0.3) is 0 Å². The SMILES string of the molecule is C[C@@H]1CN(C(=O)C2CCC(C3CCC4C(C3)NCN4C)CC2)C[C@H](C)N1C(=O)C1(O)CC1. The molecule has 5 rings (SSSR count). The molecule has 180 valence electrons. The van der Waals surface area contributed by atoms with Gasteiger partial charge in [-0.15, -0.1) is 0 Å². The fourth-order valence-electron chi connectivity index (χ4n) is 7.31. The molecular formula is C25H42N4O3. The Morgan fingerprint density at radius 1 is 0.938 bits per heavy atom. The van der Waals surface area contributed by atoms with Crippen LogP contribution < -0.4 is 5.32 Å². The molecule has 3 saturated carbocycles. The molecule has 2 aliphatic heterocycles. The van der Waals surface area contributed by atoms with E-state index >= 15 is 0 Å². The van der Waals surface area contributed by atoms with Crippen molar-refractivity contribution in [2.45, 2.75) is 101 Å². The van der Waals surface area contributed by atoms with Gasteiger partial charge in [0.2, 0.25) is 5.91 Å². The zero-order chi connectivity index (χ0) is 22.6. The summed E-state index contributed by atoms with van der Waals surface area (Å²) in [6.45, 7) is 6.24. The van der Waals surface area contributed by atoms with Crippen molar-refractivity contribution in [3.63, 3.8) is 0 Å². The highest BCUT2D eigenvalue weighted by atomic mass is 16.3. The number of fused-ring (bicyclic) bond motifs is 1. The minimum atomic E-state index is -1.13. The van der Waals surface area contributed by atoms with E-state index in [-0.39, 0.29) is 23.9 Å². The maximum Gasteiger partial charge on any atom is 0.255 e. The summed E-state index contributed by atoms with van der Waals surface area (Å²) < 4.78 is 0. The Morgan fingerprint density at radius 2 is 1.56 bits per heavy atom. The molecule has 0 aromatic carbocycles. The van der Waals surface area contributed by atoms with E-state index in [0.29, 0.717) is 37.9 Å². The van der Waals surface area contributed by atoms with E-state index in [0.717, 1.165) is 37.4 Å². The zero-order valence-corrected chi connectivity index (χ0v) is 20.1. The summed E-state index contributed by atoms with van der Waals surface area (Å²) in [6, 6.07) is 1.31. The van der Waals surface area contributed by atoms with Crippen LogP contribution in [0.2, 0.25) is 0 Å². The second-order valence-electron chi connectivity index (χ2n) is 11.7. The summed E-state index contributed by atoms with van der Waals surface area (Å²) in [5, 5.41) is 14.0. The van der Waals surface area contributed by atoms with Crippen molar-refractivity contribution >= 4 is 11.8 Å². The lowest BCUT2D eigenvalue weighted by atomic mass is 9.69. The lowest BCUT2D eigenvalue weighted by molar-refractivity contribution is -0.156. The van der Waals surface area contributed by atoms with Crippen LogP contribution in [0.15, 0.2) is 0 Å². The predicted octanol–water partition coefficient (Wildman–Crippen LogP) is 1.80. The molecule has 2 amide bonds. The van der Waals surface area contributed by atoms with Crippen molar-refractivity contribution in [1.82, 2.24) is 20.0 Å². The van der Waals surface area contributed by atoms with Crippen LogP contribution in [-0.2, 0) is 9.59 Å². The lowest BCUT2D eigenvalue weighted by Gasteiger charge is -2.46. The van der Waals surface area contributed by atoms with Crippen LogP contribution in [0.3, 0.4) is 0 Å². The van der Waals surface area contributed by atoms with E-state index in [4.69, 9.17) is 0 Å². The first-order valence-electron chi connectivity index (χ1n) is 13.0. The average molecular weight is 447 g/mol. The molecule has 3 aliphatic carbocycles. The molecule has 0 bridgehead atoms. The van der Waals surface area contributed by atoms with Gasteiger partial charge in [-0.3, -0.25) is 19.8 Å². The van der Waals surface area contributed by atoms with E-state index in [1.807, 2.05) is 23.6 Å². The van der Waals surface area contributed by atoms with E-state index in [2.05, 4.69) is 17.3 Å². The normalized spacial score (nSPS) is 41.9. The second-order valence-corrected chi connectivity index (χ2v) is 11.7. The number of aliphatic hydroxyl groups is 1. The van der Waals surface area contributed by atoms with Gasteiger partial charge in [0, 0.05) is 49.8 Å². The highest BCUT2D eigenvalue weighted by Crippen LogP contribution is 2.42. The Hall–Kier alpha value is -1.18. The molecule has 0 aromatic heterocycles. The molecule has 2 saturated heterocycles. The highest BCUT2D eigenvalue weighted by molar-refractivity contribution is 5.88. The fraction of sp³-hybridized carbons (Fsp3) is 0.920. The molecule has 7 nitrogen and oxygen atoms in total. The summed E-state index contributed by atoms with van der Waals surface area (Å²) in [6.07, 6.45) is 9.50. The van der Waals surface area contributed by atoms with Crippen LogP contribution >= 0.6 is 0 Å². The van der Waals surface area contributed by atoms with Crippen molar-refractivity contribution in [1.29, 1.82) is 0 Å². The molecule has 0 aromatic rings. The van der Waals surface area contributed by atoms with Crippen molar-refractivity contribution in [3.8, 4) is 0 Å². The number of carbonyl (C=O) groups excluding carboxylic acids is 2. The number of rotatable bonds is 3. The van der Waals surface area contributed by atoms with Crippen molar-refractivity contribution in [3.05, 3.63) is 0 Å². The number of amides is 2. The molecule has 7 heteroatoms. The summed E-state index contributed by atoms with van der Waals surface area (Å²) in [4.78, 5) is 32.4. The van der Waals surface area contributed by atoms with Crippen LogP contribution in [0, 0.1) is 17.8 Å². The maximum atomic E-state index is 13.4. The van der Waals surface area contributed by atoms with E-state index in [9.17, 15) is 14.7 Å². The zero-order valence-electron chi connectivity index (χ0n) is 20.1. The van der Waals surface area contributed by atoms with Gasteiger partial charge in [-0.25, -0.2) is 0 Å². The fourth-order valence-corrected chi connectivity index (χ4v) is 7.31. The minimum absolute atomic E-state index is 0.0385. The number of carbonyl (C=O) groups is 2. The van der Waals surface area contributed by atoms with Gasteiger partial charge in [-0.1, -0.05) is 0 Å². The number of piperazine rings is 1. The Bertz CT molecular complexity index is 721. The number of nitrogens with zero attached hydrogens (tertiary/aromatic N) is 3. The van der Waals surface area contributed by atoms with E-state index < -0.39 is 5.60 Å². The first-order valence-corrected chi connectivity index (χ1v) is 13.0. The quantitative estimate of drug-likeness (QED) is 0.691. The first kappa shape index (κ1) is 22.6. The number of hydrogen-bond donors (Lipinski definition) is 2. The molecule has 2 heterocycles. The topological polar surface area (TPSA) is 76.1 Å². The molecule has 5 atom stereocenters. The largest absolute Gasteiger partial charge is 0.380 e. The molecule has 0 radical (unpaired) electrons. The Labute approximate surface area is 192 Å². The highest BCUT2D eigenvalue weighted by Gasteiger charge is 2.53. The number of nitrogens with one attached hydrogen (secondary N) is 1. The van der Waals surface area contributed by atoms with Crippen molar-refractivity contribution in [2.24, 2.45) is 17.8 Å². The van der Waals surface area contributed by atoms with E-state index in [1.54, 1.807) is 0 Å². The third-order valence-corrected chi connectivity index (χ3v) is 9.40. The smallest absolute Gasteiger partial charge is 0.255 e. The summed E-state index contributed by atoms with van der Waals surface area (Å²) >= 11 is 0. The number of likely N-dealkylation sites (N-methyl/N-ethyl adjacent to an activating group) is 1. The third-order valence-electron chi connectivity index (χ3n) is 9.40. The monoisotopic (exact) mass is 446 g/mol. The van der Waals surface area contributed by atoms with Gasteiger partial charge in [0.05, 0.1) is 0 Å². The van der Waals surface area contributed by atoms with Gasteiger partial charge in [-0.05, 0) is 90.5 Å². The Morgan fingerprint density at radius 3 is 2.19 bits per heavy atom. The summed E-state index contributed by atoms with van der Waals surface area (Å²) in [5.41, 5.74) is -1.13. The average Bonchev–Trinajstić information content (AvgIpc) is 3.44. The standard InChI is InChI=1S/C25H42N4O3/c1-16-13-28(14-17(2)29(16)24(31)25(32)10-11-25)23(30)19-6-4-18(5-7-19)20-8-9-22-21(12-20)26-15-27(22)3/h16-22,26,32H,4-15H2,1-3H3/t16-,17+,18?,19?,20?,21?,22?. The van der Waals surface area contributed by atoms with Crippen molar-refractivity contribution in [2.75, 3.05) is 26.8 Å². The van der Waals surface area contributed by atoms with Gasteiger partial charge in [-0.2, -0.15) is 0 Å². The molecule has 2 N–H and O–H groups in total. The third kappa shape index (κ3) is 4.09. The van der Waals surface area contributed by atoms with Crippen LogP contribution in [0.5, 0.6) is 0 Å². The molecule has 0 spiro atoms. The summed E-state index contributed by atoms with van der Waals surface area (Å²) in [7, 11) is 2.24. The molecular weight excluding hydrogens is 404 g/mol. The van der Waals surface area contributed by atoms with Gasteiger partial charge >= 0.3 is 0 Å². The van der Waals surface area contributed by atoms with E-state index in [1.165, 1.54) is 32.1 Å². The van der Waals surface area contributed by atoms with Crippen LogP contribution in [0.4, 0.5) is 0 Å². The van der Waals surface area contributed by atoms with Crippen LogP contribution in [-0.4, -0.2) is 88.2 Å². The molecule has 5 aliphatic rings. The predicted molar refractivity (Wildman–Crippen MR) is 123 cm³/mol. The number of hydrogen-bond acceptors (Lipinski definition) is 5. The lowest BCUT2D eigenvalue weighted by Crippen LogP contribution is -2.62. The van der Waals surface area contributed by atoms with Gasteiger partial charge in [0.1, 0.15) is 5.60 Å². The van der Waals surface area contributed by atoms with Gasteiger partial charge in [0.25, 0.3) is 5.91 Å². The van der Waals surface area contributed by atoms with Crippen molar-refractivity contribution < 1.29 is 14.7 Å². The first-order chi connectivity index (χ1) is 15.3. The van der Waals surface area contributed by atoms with Gasteiger partial charge in [0.15, 0.2) is 0 Å². The molecule has 5 fully saturated rings. The van der Waals surface area contributed by atoms with Crippen LogP contribution in [0.1, 0.15) is 71.6 Å².